The van der Waals surface area contributed by atoms with Gasteiger partial charge in [0.05, 0.1) is 29.1 Å². The Kier molecular flexibility index (Phi) is 3.13. The maximum Gasteiger partial charge on any atom is 0.337 e. The summed E-state index contributed by atoms with van der Waals surface area (Å²) in [5.41, 5.74) is 2.78. The molecule has 0 fully saturated rings. The van der Waals surface area contributed by atoms with Gasteiger partial charge in [-0.15, -0.1) is 0 Å². The Morgan fingerprint density at radius 3 is 2.50 bits per heavy atom. The van der Waals surface area contributed by atoms with Crippen LogP contribution in [0.15, 0.2) is 29.1 Å². The fourth-order valence-electron chi connectivity index (χ4n) is 2.65. The van der Waals surface area contributed by atoms with Gasteiger partial charge in [-0.3, -0.25) is 4.79 Å². The van der Waals surface area contributed by atoms with Gasteiger partial charge in [0.1, 0.15) is 5.75 Å². The second kappa shape index (κ2) is 4.87. The molecule has 3 aromatic rings. The number of aromatic amines is 1. The highest BCUT2D eigenvalue weighted by Gasteiger charge is 2.16. The van der Waals surface area contributed by atoms with E-state index in [4.69, 9.17) is 4.74 Å². The van der Waals surface area contributed by atoms with E-state index in [0.29, 0.717) is 27.6 Å². The topological polar surface area (TPSA) is 79.4 Å². The molecule has 0 radical (unpaired) electrons. The molecule has 0 amide bonds. The highest BCUT2D eigenvalue weighted by molar-refractivity contribution is 6.06. The van der Waals surface area contributed by atoms with Gasteiger partial charge in [0.15, 0.2) is 5.43 Å². The lowest BCUT2D eigenvalue weighted by Gasteiger charge is -2.11. The predicted molar refractivity (Wildman–Crippen MR) is 85.1 cm³/mol. The van der Waals surface area contributed by atoms with Gasteiger partial charge >= 0.3 is 5.97 Å². The van der Waals surface area contributed by atoms with Crippen LogP contribution >= 0.6 is 0 Å². The van der Waals surface area contributed by atoms with E-state index in [-0.39, 0.29) is 11.0 Å². The third-order valence-corrected chi connectivity index (χ3v) is 4.05. The first kappa shape index (κ1) is 14.1. The minimum atomic E-state index is -1.11. The summed E-state index contributed by atoms with van der Waals surface area (Å²) in [5, 5.41) is 10.3. The zero-order chi connectivity index (χ0) is 16.0. The van der Waals surface area contributed by atoms with Crippen molar-refractivity contribution in [3.63, 3.8) is 0 Å². The molecular formula is C17H15NO4. The van der Waals surface area contributed by atoms with Crippen LogP contribution in [-0.2, 0) is 0 Å². The molecule has 0 saturated carbocycles. The molecule has 0 saturated heterocycles. The van der Waals surface area contributed by atoms with E-state index >= 15 is 0 Å². The Morgan fingerprint density at radius 2 is 1.86 bits per heavy atom. The Hall–Kier alpha value is -2.82. The summed E-state index contributed by atoms with van der Waals surface area (Å²) in [7, 11) is 1.44. The second-order valence-electron chi connectivity index (χ2n) is 5.29. The number of methoxy groups -OCH3 is 1. The molecule has 2 N–H and O–H groups in total. The first-order valence-corrected chi connectivity index (χ1v) is 6.81. The standard InChI is InChI=1S/C17H15NO4/c1-8-4-5-11-14(9(8)2)18-15-12(16(11)19)6-10(22-3)7-13(15)17(20)21/h4-7H,1-3H3,(H,18,19)(H,20,21). The van der Waals surface area contributed by atoms with E-state index in [1.165, 1.54) is 13.2 Å². The Morgan fingerprint density at radius 1 is 1.14 bits per heavy atom. The Balaban J connectivity index is 2.60. The van der Waals surface area contributed by atoms with Crippen LogP contribution in [0.4, 0.5) is 0 Å². The molecule has 1 aromatic heterocycles. The molecular weight excluding hydrogens is 282 g/mol. The van der Waals surface area contributed by atoms with Crippen molar-refractivity contribution in [2.45, 2.75) is 13.8 Å². The molecule has 3 rings (SSSR count). The molecule has 22 heavy (non-hydrogen) atoms. The fourth-order valence-corrected chi connectivity index (χ4v) is 2.65. The first-order valence-electron chi connectivity index (χ1n) is 6.81. The number of ether oxygens (including phenoxy) is 1. The number of benzene rings is 2. The van der Waals surface area contributed by atoms with Gasteiger partial charge in [-0.1, -0.05) is 6.07 Å². The molecule has 0 aliphatic rings. The van der Waals surface area contributed by atoms with Crippen molar-refractivity contribution in [1.82, 2.24) is 4.98 Å². The highest BCUT2D eigenvalue weighted by atomic mass is 16.5. The van der Waals surface area contributed by atoms with E-state index in [0.717, 1.165) is 11.1 Å². The maximum absolute atomic E-state index is 12.7. The molecule has 0 aliphatic carbocycles. The summed E-state index contributed by atoms with van der Waals surface area (Å²) in [6.45, 7) is 3.85. The summed E-state index contributed by atoms with van der Waals surface area (Å²) in [5.74, 6) is -0.761. The monoisotopic (exact) mass is 297 g/mol. The summed E-state index contributed by atoms with van der Waals surface area (Å²) >= 11 is 0. The number of rotatable bonds is 2. The third-order valence-electron chi connectivity index (χ3n) is 4.05. The van der Waals surface area contributed by atoms with Crippen LogP contribution in [0.1, 0.15) is 21.5 Å². The normalized spacial score (nSPS) is 11.0. The quantitative estimate of drug-likeness (QED) is 0.713. The van der Waals surface area contributed by atoms with Crippen LogP contribution in [0.5, 0.6) is 5.75 Å². The third kappa shape index (κ3) is 1.94. The number of carboxylic acid groups (broad SMARTS) is 1. The van der Waals surface area contributed by atoms with Crippen LogP contribution in [0.2, 0.25) is 0 Å². The van der Waals surface area contributed by atoms with Gasteiger partial charge in [0, 0.05) is 5.39 Å². The maximum atomic E-state index is 12.7. The number of hydrogen-bond acceptors (Lipinski definition) is 3. The summed E-state index contributed by atoms with van der Waals surface area (Å²) < 4.78 is 5.11. The van der Waals surface area contributed by atoms with Crippen molar-refractivity contribution >= 4 is 27.8 Å². The summed E-state index contributed by atoms with van der Waals surface area (Å²) in [6, 6.07) is 6.62. The number of aryl methyl sites for hydroxylation is 2. The molecule has 0 spiro atoms. The number of hydrogen-bond donors (Lipinski definition) is 2. The van der Waals surface area contributed by atoms with Crippen molar-refractivity contribution in [2.75, 3.05) is 7.11 Å². The molecule has 0 atom stereocenters. The number of carboxylic acids is 1. The molecule has 1 heterocycles. The smallest absolute Gasteiger partial charge is 0.337 e. The predicted octanol–water partition coefficient (Wildman–Crippen LogP) is 3.00. The Bertz CT molecular complexity index is 986. The molecule has 5 heteroatoms. The average Bonchev–Trinajstić information content (AvgIpc) is 2.50. The van der Waals surface area contributed by atoms with Gasteiger partial charge < -0.3 is 14.8 Å². The lowest BCUT2D eigenvalue weighted by atomic mass is 10.0. The summed E-state index contributed by atoms with van der Waals surface area (Å²) in [6.07, 6.45) is 0. The fraction of sp³-hybridized carbons (Fsp3) is 0.176. The largest absolute Gasteiger partial charge is 0.497 e. The number of H-pyrrole nitrogens is 1. The minimum Gasteiger partial charge on any atom is -0.497 e. The van der Waals surface area contributed by atoms with Crippen molar-refractivity contribution in [1.29, 1.82) is 0 Å². The summed E-state index contributed by atoms with van der Waals surface area (Å²) in [4.78, 5) is 27.4. The molecule has 0 bridgehead atoms. The molecule has 0 unspecified atom stereocenters. The molecule has 5 nitrogen and oxygen atoms in total. The average molecular weight is 297 g/mol. The number of aromatic nitrogens is 1. The van der Waals surface area contributed by atoms with Crippen molar-refractivity contribution in [2.24, 2.45) is 0 Å². The zero-order valence-corrected chi connectivity index (χ0v) is 12.5. The van der Waals surface area contributed by atoms with Crippen molar-refractivity contribution < 1.29 is 14.6 Å². The van der Waals surface area contributed by atoms with Crippen molar-refractivity contribution in [3.05, 3.63) is 51.2 Å². The van der Waals surface area contributed by atoms with E-state index in [9.17, 15) is 14.7 Å². The lowest BCUT2D eigenvalue weighted by Crippen LogP contribution is -2.09. The number of aromatic carboxylic acids is 1. The molecule has 112 valence electrons. The van der Waals surface area contributed by atoms with Crippen LogP contribution in [0, 0.1) is 13.8 Å². The van der Waals surface area contributed by atoms with Gasteiger partial charge in [-0.05, 0) is 43.2 Å². The van der Waals surface area contributed by atoms with Gasteiger partial charge in [-0.25, -0.2) is 4.79 Å². The van der Waals surface area contributed by atoms with Gasteiger partial charge in [0.25, 0.3) is 0 Å². The van der Waals surface area contributed by atoms with E-state index in [2.05, 4.69) is 4.98 Å². The second-order valence-corrected chi connectivity index (χ2v) is 5.29. The minimum absolute atomic E-state index is 0.0225. The van der Waals surface area contributed by atoms with Gasteiger partial charge in [0.2, 0.25) is 0 Å². The number of pyridine rings is 1. The van der Waals surface area contributed by atoms with Gasteiger partial charge in [-0.2, -0.15) is 0 Å². The van der Waals surface area contributed by atoms with Crippen LogP contribution in [-0.4, -0.2) is 23.2 Å². The Labute approximate surface area is 126 Å². The van der Waals surface area contributed by atoms with Crippen LogP contribution < -0.4 is 10.2 Å². The number of nitrogens with one attached hydrogen (secondary N) is 1. The van der Waals surface area contributed by atoms with E-state index < -0.39 is 5.97 Å². The lowest BCUT2D eigenvalue weighted by molar-refractivity contribution is 0.0698. The number of fused-ring (bicyclic) bond motifs is 2. The number of carbonyl (C=O) groups is 1. The van der Waals surface area contributed by atoms with E-state index in [1.54, 1.807) is 12.1 Å². The highest BCUT2D eigenvalue weighted by Crippen LogP contribution is 2.26. The van der Waals surface area contributed by atoms with Crippen molar-refractivity contribution in [3.8, 4) is 5.75 Å². The first-order chi connectivity index (χ1) is 10.4. The van der Waals surface area contributed by atoms with E-state index in [1.807, 2.05) is 19.9 Å². The molecule has 2 aromatic carbocycles. The zero-order valence-electron chi connectivity index (χ0n) is 12.5. The molecule has 0 aliphatic heterocycles. The van der Waals surface area contributed by atoms with Crippen LogP contribution in [0.3, 0.4) is 0 Å². The SMILES string of the molecule is COc1cc(C(=O)O)c2[nH]c3c(C)c(C)ccc3c(=O)c2c1. The van der Waals surface area contributed by atoms with Crippen LogP contribution in [0.25, 0.3) is 21.8 Å².